The fourth-order valence-corrected chi connectivity index (χ4v) is 5.63. The van der Waals surface area contributed by atoms with Gasteiger partial charge in [-0.1, -0.05) is 6.07 Å². The van der Waals surface area contributed by atoms with Crippen LogP contribution in [0.5, 0.6) is 5.75 Å². The molecule has 1 aliphatic heterocycles. The first-order valence-electron chi connectivity index (χ1n) is 13.7. The van der Waals surface area contributed by atoms with E-state index in [4.69, 9.17) is 14.6 Å². The average molecular weight is 506 g/mol. The Kier molecular flexibility index (Phi) is 8.36. The Labute approximate surface area is 219 Å². The maximum atomic E-state index is 12.8. The standard InChI is InChI=1S/C29H39N5O3/c1-20-4-3-5-25(31-20)29(35)32-27-16-23-18-34(33-26(23)17-28(27)36-2)24-8-6-22(7-9-24)19-37-15-12-21-10-13-30-14-11-21/h3-5,16-18,21-22,24,30H,6-15,19H2,1-2H3,(H,32,35). The number of hydrogen-bond acceptors (Lipinski definition) is 6. The molecule has 198 valence electrons. The topological polar surface area (TPSA) is 90.3 Å². The molecular formula is C29H39N5O3. The van der Waals surface area contributed by atoms with Gasteiger partial charge in [0.1, 0.15) is 11.4 Å². The second-order valence-electron chi connectivity index (χ2n) is 10.6. The van der Waals surface area contributed by atoms with Gasteiger partial charge >= 0.3 is 0 Å². The van der Waals surface area contributed by atoms with E-state index >= 15 is 0 Å². The normalized spacial score (nSPS) is 20.7. The third-order valence-corrected chi connectivity index (χ3v) is 7.89. The Morgan fingerprint density at radius 2 is 1.92 bits per heavy atom. The van der Waals surface area contributed by atoms with Gasteiger partial charge in [0, 0.05) is 36.6 Å². The van der Waals surface area contributed by atoms with Crippen LogP contribution in [0.3, 0.4) is 0 Å². The van der Waals surface area contributed by atoms with Crippen LogP contribution in [-0.2, 0) is 4.74 Å². The van der Waals surface area contributed by atoms with E-state index in [0.717, 1.165) is 61.7 Å². The van der Waals surface area contributed by atoms with Crippen molar-refractivity contribution >= 4 is 22.5 Å². The van der Waals surface area contributed by atoms with Gasteiger partial charge in [0.2, 0.25) is 0 Å². The van der Waals surface area contributed by atoms with Crippen LogP contribution in [0.1, 0.15) is 67.2 Å². The van der Waals surface area contributed by atoms with Crippen LogP contribution in [0.25, 0.3) is 10.9 Å². The van der Waals surface area contributed by atoms with Gasteiger partial charge in [-0.05, 0) is 95.0 Å². The Hall–Kier alpha value is -2.97. The van der Waals surface area contributed by atoms with Crippen molar-refractivity contribution in [1.82, 2.24) is 20.1 Å². The molecule has 1 saturated carbocycles. The lowest BCUT2D eigenvalue weighted by molar-refractivity contribution is 0.0668. The smallest absolute Gasteiger partial charge is 0.274 e. The van der Waals surface area contributed by atoms with E-state index in [2.05, 4.69) is 26.5 Å². The van der Waals surface area contributed by atoms with Gasteiger partial charge in [0.25, 0.3) is 5.91 Å². The maximum Gasteiger partial charge on any atom is 0.274 e. The summed E-state index contributed by atoms with van der Waals surface area (Å²) >= 11 is 0. The van der Waals surface area contributed by atoms with Crippen LogP contribution in [0.2, 0.25) is 0 Å². The molecule has 5 rings (SSSR count). The number of nitrogens with one attached hydrogen (secondary N) is 2. The number of pyridine rings is 1. The minimum absolute atomic E-state index is 0.259. The molecule has 1 aliphatic carbocycles. The molecule has 37 heavy (non-hydrogen) atoms. The highest BCUT2D eigenvalue weighted by molar-refractivity contribution is 6.05. The largest absolute Gasteiger partial charge is 0.494 e. The molecule has 3 aromatic rings. The molecule has 1 aromatic carbocycles. The second kappa shape index (κ2) is 12.0. The Morgan fingerprint density at radius 3 is 2.68 bits per heavy atom. The predicted molar refractivity (Wildman–Crippen MR) is 145 cm³/mol. The molecule has 0 radical (unpaired) electrons. The van der Waals surface area contributed by atoms with Crippen LogP contribution in [0.15, 0.2) is 36.5 Å². The number of hydrogen-bond donors (Lipinski definition) is 2. The number of carbonyl (C=O) groups excluding carboxylic acids is 1. The minimum Gasteiger partial charge on any atom is -0.494 e. The Morgan fingerprint density at radius 1 is 1.11 bits per heavy atom. The Balaban J connectivity index is 1.16. The molecule has 0 spiro atoms. The summed E-state index contributed by atoms with van der Waals surface area (Å²) in [5.74, 6) is 1.80. The van der Waals surface area contributed by atoms with E-state index in [1.54, 1.807) is 13.2 Å². The summed E-state index contributed by atoms with van der Waals surface area (Å²) < 4.78 is 13.7. The number of amides is 1. The van der Waals surface area contributed by atoms with Crippen molar-refractivity contribution in [2.45, 2.75) is 57.9 Å². The number of methoxy groups -OCH3 is 1. The van der Waals surface area contributed by atoms with Crippen LogP contribution in [0.4, 0.5) is 5.69 Å². The number of fused-ring (bicyclic) bond motifs is 1. The molecule has 1 amide bonds. The molecule has 8 nitrogen and oxygen atoms in total. The van der Waals surface area contributed by atoms with Crippen LogP contribution in [0, 0.1) is 18.8 Å². The van der Waals surface area contributed by atoms with E-state index in [0.29, 0.717) is 29.1 Å². The summed E-state index contributed by atoms with van der Waals surface area (Å²) in [6.45, 7) is 5.97. The van der Waals surface area contributed by atoms with Gasteiger partial charge in [0.05, 0.1) is 24.4 Å². The fraction of sp³-hybridized carbons (Fsp3) is 0.552. The summed E-state index contributed by atoms with van der Waals surface area (Å²) in [4.78, 5) is 17.1. The number of piperidine rings is 1. The van der Waals surface area contributed by atoms with Crippen molar-refractivity contribution in [2.75, 3.05) is 38.7 Å². The van der Waals surface area contributed by atoms with E-state index < -0.39 is 0 Å². The molecule has 2 N–H and O–H groups in total. The summed E-state index contributed by atoms with van der Waals surface area (Å²) in [5, 5.41) is 12.2. The van der Waals surface area contributed by atoms with Crippen molar-refractivity contribution < 1.29 is 14.3 Å². The summed E-state index contributed by atoms with van der Waals surface area (Å²) in [7, 11) is 1.61. The molecule has 0 atom stereocenters. The molecule has 2 fully saturated rings. The van der Waals surface area contributed by atoms with Gasteiger partial charge in [-0.25, -0.2) is 4.98 Å². The van der Waals surface area contributed by atoms with Crippen LogP contribution in [-0.4, -0.2) is 54.1 Å². The third-order valence-electron chi connectivity index (χ3n) is 7.89. The van der Waals surface area contributed by atoms with Crippen molar-refractivity contribution in [1.29, 1.82) is 0 Å². The SMILES string of the molecule is COc1cc2nn(C3CCC(COCCC4CCNCC4)CC3)cc2cc1NC(=O)c1cccc(C)n1. The number of nitrogens with zero attached hydrogens (tertiary/aromatic N) is 3. The van der Waals surface area contributed by atoms with E-state index in [-0.39, 0.29) is 5.91 Å². The number of rotatable bonds is 9. The van der Waals surface area contributed by atoms with Gasteiger partial charge < -0.3 is 20.1 Å². The van der Waals surface area contributed by atoms with Crippen LogP contribution >= 0.6 is 0 Å². The molecule has 2 aromatic heterocycles. The monoisotopic (exact) mass is 505 g/mol. The lowest BCUT2D eigenvalue weighted by atomic mass is 9.86. The first-order chi connectivity index (χ1) is 18.1. The molecule has 2 aliphatic rings. The van der Waals surface area contributed by atoms with Gasteiger partial charge in [-0.15, -0.1) is 0 Å². The first-order valence-corrected chi connectivity index (χ1v) is 13.7. The lowest BCUT2D eigenvalue weighted by Crippen LogP contribution is -2.28. The fourth-order valence-electron chi connectivity index (χ4n) is 5.63. The van der Waals surface area contributed by atoms with E-state index in [9.17, 15) is 4.79 Å². The molecule has 0 bridgehead atoms. The predicted octanol–water partition coefficient (Wildman–Crippen LogP) is 5.14. The molecule has 8 heteroatoms. The first kappa shape index (κ1) is 25.7. The summed E-state index contributed by atoms with van der Waals surface area (Å²) in [6, 6.07) is 9.63. The van der Waals surface area contributed by atoms with Crippen LogP contribution < -0.4 is 15.4 Å². The molecular weight excluding hydrogens is 466 g/mol. The van der Waals surface area contributed by atoms with E-state index in [1.807, 2.05) is 31.2 Å². The number of aromatic nitrogens is 3. The highest BCUT2D eigenvalue weighted by atomic mass is 16.5. The highest BCUT2D eigenvalue weighted by Crippen LogP contribution is 2.35. The van der Waals surface area contributed by atoms with Gasteiger partial charge in [0.15, 0.2) is 0 Å². The lowest BCUT2D eigenvalue weighted by Gasteiger charge is -2.29. The van der Waals surface area contributed by atoms with Crippen molar-refractivity contribution in [3.8, 4) is 5.75 Å². The van der Waals surface area contributed by atoms with Gasteiger partial charge in [-0.2, -0.15) is 5.10 Å². The number of anilines is 1. The number of benzene rings is 1. The Bertz CT molecular complexity index is 1200. The van der Waals surface area contributed by atoms with Gasteiger partial charge in [-0.3, -0.25) is 9.48 Å². The summed E-state index contributed by atoms with van der Waals surface area (Å²) in [5.41, 5.74) is 2.67. The quantitative estimate of drug-likeness (QED) is 0.392. The van der Waals surface area contributed by atoms with E-state index in [1.165, 1.54) is 32.1 Å². The zero-order valence-corrected chi connectivity index (χ0v) is 22.0. The molecule has 3 heterocycles. The zero-order chi connectivity index (χ0) is 25.6. The molecule has 1 saturated heterocycles. The number of ether oxygens (including phenoxy) is 2. The molecule has 0 unspecified atom stereocenters. The highest BCUT2D eigenvalue weighted by Gasteiger charge is 2.24. The minimum atomic E-state index is -0.259. The summed E-state index contributed by atoms with van der Waals surface area (Å²) in [6.07, 6.45) is 10.4. The number of aryl methyl sites for hydroxylation is 1. The number of carbonyl (C=O) groups is 1. The average Bonchev–Trinajstić information content (AvgIpc) is 3.34. The van der Waals surface area contributed by atoms with Crippen molar-refractivity contribution in [3.05, 3.63) is 47.9 Å². The third kappa shape index (κ3) is 6.48. The van der Waals surface area contributed by atoms with Crippen molar-refractivity contribution in [3.63, 3.8) is 0 Å². The zero-order valence-electron chi connectivity index (χ0n) is 22.0. The second-order valence-corrected chi connectivity index (χ2v) is 10.6. The maximum absolute atomic E-state index is 12.8. The van der Waals surface area contributed by atoms with Crippen molar-refractivity contribution in [2.24, 2.45) is 11.8 Å².